The van der Waals surface area contributed by atoms with Gasteiger partial charge in [-0.3, -0.25) is 4.79 Å². The minimum Gasteiger partial charge on any atom is -0.296 e. The second kappa shape index (κ2) is 10.3. The van der Waals surface area contributed by atoms with E-state index in [-0.39, 0.29) is 24.5 Å². The van der Waals surface area contributed by atoms with E-state index in [0.717, 1.165) is 24.3 Å². The second-order valence-corrected chi connectivity index (χ2v) is 6.86. The van der Waals surface area contributed by atoms with Crippen molar-refractivity contribution >= 4 is 6.29 Å². The van der Waals surface area contributed by atoms with E-state index in [1.807, 2.05) is 6.92 Å². The molecule has 0 N–H and O–H groups in total. The van der Waals surface area contributed by atoms with Crippen molar-refractivity contribution in [3.63, 3.8) is 0 Å². The number of carbonyl (C=O) groups is 1. The van der Waals surface area contributed by atoms with Crippen molar-refractivity contribution in [1.29, 1.82) is 0 Å². The maximum Gasteiger partial charge on any atom is 0.248 e. The van der Waals surface area contributed by atoms with Crippen LogP contribution in [-0.2, 0) is 0 Å². The Hall–Kier alpha value is -2.31. The molecule has 1 aliphatic carbocycles. The third-order valence-corrected chi connectivity index (χ3v) is 3.71. The lowest BCUT2D eigenvalue weighted by molar-refractivity contribution is -0.104. The minimum atomic E-state index is -2.31. The molecule has 1 heterocycles. The lowest BCUT2D eigenvalue weighted by Gasteiger charge is -2.31. The Morgan fingerprint density at radius 1 is 1.07 bits per heavy atom. The van der Waals surface area contributed by atoms with Gasteiger partial charge in [0.25, 0.3) is 0 Å². The quantitative estimate of drug-likeness (QED) is 0.411. The maximum absolute atomic E-state index is 13.7. The summed E-state index contributed by atoms with van der Waals surface area (Å²) in [6.45, 7) is 7.61. The Kier molecular flexibility index (Phi) is 8.72. The highest BCUT2D eigenvalue weighted by molar-refractivity contribution is 5.74. The molecule has 0 aliphatic heterocycles. The second-order valence-electron chi connectivity index (χ2n) is 6.86. The van der Waals surface area contributed by atoms with E-state index in [4.69, 9.17) is 0 Å². The molecule has 0 unspecified atom stereocenters. The van der Waals surface area contributed by atoms with Crippen LogP contribution in [0.3, 0.4) is 0 Å². The Morgan fingerprint density at radius 3 is 1.93 bits per heavy atom. The van der Waals surface area contributed by atoms with Crippen molar-refractivity contribution in [3.8, 4) is 11.3 Å². The Bertz CT molecular complexity index is 776. The molecule has 154 valence electrons. The van der Waals surface area contributed by atoms with Gasteiger partial charge in [-0.15, -0.1) is 0 Å². The summed E-state index contributed by atoms with van der Waals surface area (Å²) in [5, 5.41) is 0. The maximum atomic E-state index is 13.7. The number of rotatable bonds is 2. The van der Waals surface area contributed by atoms with E-state index in [0.29, 0.717) is 11.8 Å². The summed E-state index contributed by atoms with van der Waals surface area (Å²) in [5.74, 6) is -4.76. The summed E-state index contributed by atoms with van der Waals surface area (Å²) in [4.78, 5) is 14.1. The summed E-state index contributed by atoms with van der Waals surface area (Å²) in [7, 11) is 0. The predicted molar refractivity (Wildman–Crippen MR) is 99.0 cm³/mol. The average molecular weight is 401 g/mol. The first-order valence-electron chi connectivity index (χ1n) is 9.00. The summed E-state index contributed by atoms with van der Waals surface area (Å²) < 4.78 is 64.5. The number of pyridine rings is 1. The fourth-order valence-corrected chi connectivity index (χ4v) is 2.58. The highest BCUT2D eigenvalue weighted by atomic mass is 19.3. The van der Waals surface area contributed by atoms with E-state index < -0.39 is 34.6 Å². The molecule has 1 aliphatic rings. The topological polar surface area (TPSA) is 30.0 Å². The van der Waals surface area contributed by atoms with Crippen molar-refractivity contribution in [2.24, 2.45) is 5.92 Å². The molecule has 0 bridgehead atoms. The zero-order valence-electron chi connectivity index (χ0n) is 16.3. The lowest BCUT2D eigenvalue weighted by atomic mass is 9.83. The van der Waals surface area contributed by atoms with Gasteiger partial charge in [0, 0.05) is 12.8 Å². The number of carbonyl (C=O) groups excluding carboxylic acids is 1. The van der Waals surface area contributed by atoms with Crippen molar-refractivity contribution in [3.05, 3.63) is 53.0 Å². The van der Waals surface area contributed by atoms with Gasteiger partial charge >= 0.3 is 0 Å². The zero-order chi connectivity index (χ0) is 21.5. The highest BCUT2D eigenvalue weighted by Crippen LogP contribution is 2.41. The van der Waals surface area contributed by atoms with Crippen molar-refractivity contribution < 1.29 is 26.7 Å². The van der Waals surface area contributed by atoms with Gasteiger partial charge in [0.2, 0.25) is 5.92 Å². The van der Waals surface area contributed by atoms with Crippen LogP contribution in [0.2, 0.25) is 0 Å². The molecule has 1 aromatic carbocycles. The Labute approximate surface area is 161 Å². The van der Waals surface area contributed by atoms with Gasteiger partial charge in [0.05, 0.1) is 5.56 Å². The predicted octanol–water partition coefficient (Wildman–Crippen LogP) is 6.75. The Balaban J connectivity index is 0.000000324. The number of benzene rings is 1. The number of nitrogens with zero attached hydrogens (tertiary/aromatic N) is 1. The van der Waals surface area contributed by atoms with Crippen LogP contribution < -0.4 is 0 Å². The van der Waals surface area contributed by atoms with Crippen LogP contribution >= 0.6 is 0 Å². The summed E-state index contributed by atoms with van der Waals surface area (Å²) in [6, 6.07) is 4.24. The van der Waals surface area contributed by atoms with Gasteiger partial charge in [0.1, 0.15) is 28.8 Å². The van der Waals surface area contributed by atoms with Crippen molar-refractivity contribution in [2.45, 2.75) is 52.9 Å². The van der Waals surface area contributed by atoms with Crippen LogP contribution in [0.1, 0.15) is 56.1 Å². The molecule has 0 atom stereocenters. The Morgan fingerprint density at radius 2 is 1.57 bits per heavy atom. The number of aldehydes is 1. The molecule has 0 radical (unpaired) electrons. The van der Waals surface area contributed by atoms with Crippen LogP contribution in [0.4, 0.5) is 22.0 Å². The molecule has 1 fully saturated rings. The summed E-state index contributed by atoms with van der Waals surface area (Å²) in [6.07, 6.45) is 1.84. The van der Waals surface area contributed by atoms with Crippen LogP contribution in [0, 0.1) is 30.3 Å². The first-order valence-corrected chi connectivity index (χ1v) is 9.00. The molecule has 0 saturated heterocycles. The van der Waals surface area contributed by atoms with Crippen LogP contribution in [0.25, 0.3) is 11.3 Å². The molecule has 3 rings (SSSR count). The first kappa shape index (κ1) is 23.7. The lowest BCUT2D eigenvalue weighted by Crippen LogP contribution is -2.33. The number of alkyl halides is 2. The molecule has 0 spiro atoms. The molecule has 1 saturated carbocycles. The third-order valence-electron chi connectivity index (χ3n) is 3.71. The van der Waals surface area contributed by atoms with Gasteiger partial charge in [-0.1, -0.05) is 27.2 Å². The van der Waals surface area contributed by atoms with Crippen molar-refractivity contribution in [2.75, 3.05) is 0 Å². The summed E-state index contributed by atoms with van der Waals surface area (Å²) in [5.41, 5.74) is -0.789. The molecule has 1 aromatic heterocycles. The standard InChI is InChI=1S/C13H8F3NO.C5H8F2.C3H8/c1-7-4-10(15)12(11(16)5-7)13-9(14)3-2-8(6-18)17-13;1-4-2-5(6,7)3-4;1-3-2/h2-6H,1H3;4H,2-3H2,1H3;3H2,1-2H3. The third kappa shape index (κ3) is 6.69. The number of aromatic nitrogens is 1. The number of hydrogen-bond donors (Lipinski definition) is 0. The van der Waals surface area contributed by atoms with Gasteiger partial charge in [-0.2, -0.15) is 0 Å². The fraction of sp³-hybridized carbons (Fsp3) is 0.429. The normalized spacial score (nSPS) is 14.8. The van der Waals surface area contributed by atoms with E-state index in [9.17, 15) is 26.7 Å². The molecule has 2 aromatic rings. The van der Waals surface area contributed by atoms with Gasteiger partial charge in [-0.05, 0) is 42.7 Å². The molecule has 7 heteroatoms. The smallest absolute Gasteiger partial charge is 0.248 e. The zero-order valence-corrected chi connectivity index (χ0v) is 16.3. The molecule has 2 nitrogen and oxygen atoms in total. The van der Waals surface area contributed by atoms with Gasteiger partial charge < -0.3 is 0 Å². The van der Waals surface area contributed by atoms with Crippen LogP contribution in [0.15, 0.2) is 24.3 Å². The van der Waals surface area contributed by atoms with E-state index >= 15 is 0 Å². The molecule has 0 amide bonds. The molecular weight excluding hydrogens is 377 g/mol. The minimum absolute atomic E-state index is 0.0919. The fourth-order valence-electron chi connectivity index (χ4n) is 2.58. The van der Waals surface area contributed by atoms with E-state index in [1.165, 1.54) is 13.3 Å². The molecule has 28 heavy (non-hydrogen) atoms. The van der Waals surface area contributed by atoms with E-state index in [1.54, 1.807) is 0 Å². The van der Waals surface area contributed by atoms with E-state index in [2.05, 4.69) is 18.8 Å². The largest absolute Gasteiger partial charge is 0.296 e. The highest BCUT2D eigenvalue weighted by Gasteiger charge is 2.42. The SMILES string of the molecule is CC1CC(F)(F)C1.CCC.Cc1cc(F)c(-c2nc(C=O)ccc2F)c(F)c1. The summed E-state index contributed by atoms with van der Waals surface area (Å²) >= 11 is 0. The average Bonchev–Trinajstić information content (AvgIpc) is 2.55. The monoisotopic (exact) mass is 401 g/mol. The van der Waals surface area contributed by atoms with Gasteiger partial charge in [-0.25, -0.2) is 26.9 Å². The molecular formula is C21H24F5NO. The first-order chi connectivity index (χ1) is 13.0. The number of hydrogen-bond acceptors (Lipinski definition) is 2. The van der Waals surface area contributed by atoms with Crippen LogP contribution in [0.5, 0.6) is 0 Å². The van der Waals surface area contributed by atoms with Gasteiger partial charge in [0.15, 0.2) is 6.29 Å². The van der Waals surface area contributed by atoms with Crippen molar-refractivity contribution in [1.82, 2.24) is 4.98 Å². The number of halogens is 5. The number of aryl methyl sites for hydroxylation is 1. The van der Waals surface area contributed by atoms with Crippen LogP contribution in [-0.4, -0.2) is 17.2 Å².